The van der Waals surface area contributed by atoms with Gasteiger partial charge in [-0.1, -0.05) is 188 Å². The molecule has 1 saturated carbocycles. The van der Waals surface area contributed by atoms with Gasteiger partial charge in [0.1, 0.15) is 0 Å². The summed E-state index contributed by atoms with van der Waals surface area (Å²) in [6.07, 6.45) is 46.4. The van der Waals surface area contributed by atoms with E-state index in [1.807, 2.05) is 0 Å². The van der Waals surface area contributed by atoms with Crippen LogP contribution in [0.2, 0.25) is 0 Å². The van der Waals surface area contributed by atoms with E-state index in [4.69, 9.17) is 4.74 Å². The second-order valence-electron chi connectivity index (χ2n) is 19.9. The molecule has 0 aliphatic heterocycles. The molecule has 7 heteroatoms. The summed E-state index contributed by atoms with van der Waals surface area (Å²) in [6, 6.07) is 0.605. The highest BCUT2D eigenvalue weighted by molar-refractivity contribution is 5.76. The third-order valence-electron chi connectivity index (χ3n) is 14.1. The van der Waals surface area contributed by atoms with Crippen LogP contribution in [-0.2, 0) is 14.3 Å². The Morgan fingerprint density at radius 3 is 1.48 bits per heavy atom. The molecule has 2 unspecified atom stereocenters. The number of aliphatic hydroxyl groups is 1. The summed E-state index contributed by atoms with van der Waals surface area (Å²) in [7, 11) is 0. The molecule has 7 nitrogen and oxygen atoms in total. The SMILES string of the molecule is CCCCCCCCC(CCCCCC)CC(=O)NCCCCCN(CCCCCOC(=O)CC(CCCCCC)CCCCCCCC)CCN(CCO)C1CCCCCC1. The molecule has 1 fully saturated rings. The van der Waals surface area contributed by atoms with Crippen LogP contribution in [0.3, 0.4) is 0 Å². The summed E-state index contributed by atoms with van der Waals surface area (Å²) in [4.78, 5) is 31.2. The van der Waals surface area contributed by atoms with E-state index in [1.165, 1.54) is 193 Å². The van der Waals surface area contributed by atoms with Gasteiger partial charge in [-0.2, -0.15) is 0 Å². The van der Waals surface area contributed by atoms with Crippen LogP contribution in [0, 0.1) is 11.8 Å². The molecule has 0 heterocycles. The molecule has 0 radical (unpaired) electrons. The molecule has 0 aromatic heterocycles. The van der Waals surface area contributed by atoms with Crippen molar-refractivity contribution < 1.29 is 19.4 Å². The van der Waals surface area contributed by atoms with Crippen molar-refractivity contribution in [1.82, 2.24) is 15.1 Å². The quantitative estimate of drug-likeness (QED) is 0.0360. The van der Waals surface area contributed by atoms with E-state index >= 15 is 0 Å². The second-order valence-corrected chi connectivity index (χ2v) is 19.9. The monoisotopic (exact) mass is 876 g/mol. The lowest BCUT2D eigenvalue weighted by atomic mass is 9.91. The van der Waals surface area contributed by atoms with Gasteiger partial charge >= 0.3 is 5.97 Å². The van der Waals surface area contributed by atoms with Crippen molar-refractivity contribution in [1.29, 1.82) is 0 Å². The third kappa shape index (κ3) is 36.1. The largest absolute Gasteiger partial charge is 0.466 e. The van der Waals surface area contributed by atoms with Gasteiger partial charge in [-0.05, 0) is 95.6 Å². The number of nitrogens with zero attached hydrogens (tertiary/aromatic N) is 2. The minimum atomic E-state index is 0.0205. The summed E-state index contributed by atoms with van der Waals surface area (Å²) >= 11 is 0. The highest BCUT2D eigenvalue weighted by Gasteiger charge is 2.21. The Hall–Kier alpha value is -1.18. The number of unbranched alkanes of at least 4 members (excludes halogenated alkanes) is 20. The molecule has 0 aromatic rings. The number of esters is 1. The first kappa shape index (κ1) is 58.8. The summed E-state index contributed by atoms with van der Waals surface area (Å²) < 4.78 is 5.84. The molecule has 1 aliphatic rings. The maximum absolute atomic E-state index is 13.1. The van der Waals surface area contributed by atoms with Crippen LogP contribution in [0.25, 0.3) is 0 Å². The molecular formula is C55H109N3O4. The Balaban J connectivity index is 2.57. The minimum Gasteiger partial charge on any atom is -0.466 e. The van der Waals surface area contributed by atoms with Gasteiger partial charge in [0, 0.05) is 45.1 Å². The highest BCUT2D eigenvalue weighted by Crippen LogP contribution is 2.25. The number of carbonyl (C=O) groups is 2. The van der Waals surface area contributed by atoms with E-state index in [-0.39, 0.29) is 18.5 Å². The number of amides is 1. The zero-order valence-corrected chi connectivity index (χ0v) is 42.3. The number of rotatable bonds is 46. The fraction of sp³-hybridized carbons (Fsp3) is 0.964. The molecule has 1 aliphatic carbocycles. The topological polar surface area (TPSA) is 82.1 Å². The Morgan fingerprint density at radius 1 is 0.516 bits per heavy atom. The van der Waals surface area contributed by atoms with Crippen molar-refractivity contribution in [3.05, 3.63) is 0 Å². The molecule has 62 heavy (non-hydrogen) atoms. The smallest absolute Gasteiger partial charge is 0.306 e. The van der Waals surface area contributed by atoms with Crippen LogP contribution in [0.15, 0.2) is 0 Å². The number of hydrogen-bond donors (Lipinski definition) is 2. The van der Waals surface area contributed by atoms with Crippen LogP contribution in [0.1, 0.15) is 272 Å². The Labute approximate surface area is 387 Å². The third-order valence-corrected chi connectivity index (χ3v) is 14.1. The zero-order valence-electron chi connectivity index (χ0n) is 42.3. The minimum absolute atomic E-state index is 0.0205. The van der Waals surface area contributed by atoms with E-state index in [9.17, 15) is 14.7 Å². The highest BCUT2D eigenvalue weighted by atomic mass is 16.5. The maximum Gasteiger partial charge on any atom is 0.306 e. The lowest BCUT2D eigenvalue weighted by Crippen LogP contribution is -2.43. The van der Waals surface area contributed by atoms with Crippen molar-refractivity contribution in [2.24, 2.45) is 11.8 Å². The van der Waals surface area contributed by atoms with Gasteiger partial charge in [-0.25, -0.2) is 0 Å². The number of carbonyl (C=O) groups excluding carboxylic acids is 2. The standard InChI is InChI=1S/C55H109N3O4/c1-5-9-13-17-19-27-36-51(35-25-15-11-7-3)49-54(60)56-41-31-23-32-42-57(44-45-58(46-47-59)53-39-29-21-22-30-40-53)43-33-24-34-48-62-55(61)50-52(37-26-16-12-8-4)38-28-20-18-14-10-6-2/h51-53,59H,5-50H2,1-4H3,(H,56,60). The van der Waals surface area contributed by atoms with E-state index in [1.54, 1.807) is 0 Å². The van der Waals surface area contributed by atoms with Crippen molar-refractivity contribution in [2.45, 2.75) is 278 Å². The summed E-state index contributed by atoms with van der Waals surface area (Å²) in [5.74, 6) is 1.31. The second kappa shape index (κ2) is 45.0. The lowest BCUT2D eigenvalue weighted by molar-refractivity contribution is -0.145. The fourth-order valence-corrected chi connectivity index (χ4v) is 9.97. The van der Waals surface area contributed by atoms with Crippen molar-refractivity contribution >= 4 is 11.9 Å². The van der Waals surface area contributed by atoms with Crippen molar-refractivity contribution in [3.8, 4) is 0 Å². The predicted molar refractivity (Wildman–Crippen MR) is 268 cm³/mol. The van der Waals surface area contributed by atoms with E-state index in [2.05, 4.69) is 42.8 Å². The zero-order chi connectivity index (χ0) is 45.0. The average Bonchev–Trinajstić information content (AvgIpc) is 3.56. The number of nitrogens with one attached hydrogen (secondary N) is 1. The lowest BCUT2D eigenvalue weighted by Gasteiger charge is -2.33. The van der Waals surface area contributed by atoms with Crippen LogP contribution >= 0.6 is 0 Å². The summed E-state index contributed by atoms with van der Waals surface area (Å²) in [5.41, 5.74) is 0. The van der Waals surface area contributed by atoms with E-state index < -0.39 is 0 Å². The Kier molecular flexibility index (Phi) is 42.7. The molecule has 2 N–H and O–H groups in total. The molecule has 1 amide bonds. The van der Waals surface area contributed by atoms with Crippen LogP contribution in [0.5, 0.6) is 0 Å². The number of ether oxygens (including phenoxy) is 1. The number of hydrogen-bond acceptors (Lipinski definition) is 6. The predicted octanol–water partition coefficient (Wildman–Crippen LogP) is 14.8. The van der Waals surface area contributed by atoms with Gasteiger partial charge in [0.2, 0.25) is 5.91 Å². The first-order chi connectivity index (χ1) is 30.5. The first-order valence-corrected chi connectivity index (χ1v) is 28.0. The summed E-state index contributed by atoms with van der Waals surface area (Å²) in [5, 5.41) is 13.3. The van der Waals surface area contributed by atoms with Crippen LogP contribution in [-0.4, -0.2) is 85.3 Å². The number of aliphatic hydroxyl groups excluding tert-OH is 1. The van der Waals surface area contributed by atoms with Crippen LogP contribution < -0.4 is 5.32 Å². The maximum atomic E-state index is 13.1. The van der Waals surface area contributed by atoms with Gasteiger partial charge in [0.15, 0.2) is 0 Å². The Bertz CT molecular complexity index is 899. The average molecular weight is 876 g/mol. The molecule has 2 atom stereocenters. The molecular weight excluding hydrogens is 767 g/mol. The van der Waals surface area contributed by atoms with Gasteiger partial charge in [-0.15, -0.1) is 0 Å². The molecule has 1 rings (SSSR count). The summed E-state index contributed by atoms with van der Waals surface area (Å²) in [6.45, 7) is 15.7. The molecule has 0 bridgehead atoms. The van der Waals surface area contributed by atoms with Crippen molar-refractivity contribution in [3.63, 3.8) is 0 Å². The van der Waals surface area contributed by atoms with Gasteiger partial charge in [0.05, 0.1) is 13.2 Å². The normalized spacial score (nSPS) is 14.7. The van der Waals surface area contributed by atoms with Crippen molar-refractivity contribution in [2.75, 3.05) is 52.5 Å². The molecule has 0 aromatic carbocycles. The van der Waals surface area contributed by atoms with Gasteiger partial charge < -0.3 is 20.1 Å². The fourth-order valence-electron chi connectivity index (χ4n) is 9.97. The molecule has 368 valence electrons. The molecule has 0 saturated heterocycles. The first-order valence-electron chi connectivity index (χ1n) is 28.0. The van der Waals surface area contributed by atoms with E-state index in [0.29, 0.717) is 37.3 Å². The van der Waals surface area contributed by atoms with Crippen LogP contribution in [0.4, 0.5) is 0 Å². The van der Waals surface area contributed by atoms with Gasteiger partial charge in [0.25, 0.3) is 0 Å². The molecule has 0 spiro atoms. The Morgan fingerprint density at radius 2 is 0.968 bits per heavy atom. The van der Waals surface area contributed by atoms with E-state index in [0.717, 1.165) is 77.8 Å². The van der Waals surface area contributed by atoms with Gasteiger partial charge in [-0.3, -0.25) is 14.5 Å².